The van der Waals surface area contributed by atoms with Crippen molar-refractivity contribution in [3.8, 4) is 0 Å². The highest BCUT2D eigenvalue weighted by Gasteiger charge is 2.33. The van der Waals surface area contributed by atoms with Crippen molar-refractivity contribution >= 4 is 10.9 Å². The van der Waals surface area contributed by atoms with E-state index < -0.39 is 0 Å². The standard InChI is InChI=1S/C24H32N6O2/c1-15-8-10-29(11-9-15)22(23-26-27-28-30(23)14-18-5-4-12-32-18)20-13-19-16(2)6-7-17(3)21(19)25-24(20)31/h6-7,13,15,18,22H,4-5,8-12,14H2,1-3H3,(H,25,31)/t18-,22-/m0/s1. The van der Waals surface area contributed by atoms with E-state index in [0.717, 1.165) is 73.2 Å². The maximum atomic E-state index is 13.4. The van der Waals surface area contributed by atoms with Gasteiger partial charge in [-0.2, -0.15) is 0 Å². The molecule has 0 amide bonds. The van der Waals surface area contributed by atoms with Crippen LogP contribution in [0.5, 0.6) is 0 Å². The summed E-state index contributed by atoms with van der Waals surface area (Å²) >= 11 is 0. The van der Waals surface area contributed by atoms with Crippen molar-refractivity contribution in [2.75, 3.05) is 19.7 Å². The van der Waals surface area contributed by atoms with Crippen molar-refractivity contribution in [2.24, 2.45) is 5.92 Å². The number of ether oxygens (including phenoxy) is 1. The number of hydrogen-bond donors (Lipinski definition) is 1. The van der Waals surface area contributed by atoms with E-state index in [9.17, 15) is 4.79 Å². The lowest BCUT2D eigenvalue weighted by Gasteiger charge is -2.36. The van der Waals surface area contributed by atoms with Crippen LogP contribution in [0.1, 0.15) is 61.2 Å². The Morgan fingerprint density at radius 1 is 1.19 bits per heavy atom. The lowest BCUT2D eigenvalue weighted by atomic mass is 9.94. The van der Waals surface area contributed by atoms with Gasteiger partial charge in [0.15, 0.2) is 5.82 Å². The summed E-state index contributed by atoms with van der Waals surface area (Å²) in [6.45, 7) is 9.66. The van der Waals surface area contributed by atoms with Crippen LogP contribution in [0, 0.1) is 19.8 Å². The van der Waals surface area contributed by atoms with E-state index in [4.69, 9.17) is 4.74 Å². The highest BCUT2D eigenvalue weighted by atomic mass is 16.5. The molecule has 3 aromatic rings. The molecule has 0 spiro atoms. The molecule has 2 aliphatic heterocycles. The van der Waals surface area contributed by atoms with Crippen LogP contribution in [0.25, 0.3) is 10.9 Å². The van der Waals surface area contributed by atoms with Crippen molar-refractivity contribution in [1.82, 2.24) is 30.1 Å². The first kappa shape index (κ1) is 21.3. The first-order valence-electron chi connectivity index (χ1n) is 11.8. The molecule has 2 aliphatic rings. The highest BCUT2D eigenvalue weighted by Crippen LogP contribution is 2.32. The second-order valence-electron chi connectivity index (χ2n) is 9.52. The van der Waals surface area contributed by atoms with Gasteiger partial charge in [0.05, 0.1) is 18.2 Å². The molecule has 1 aromatic carbocycles. The molecule has 170 valence electrons. The number of likely N-dealkylation sites (tertiary alicyclic amines) is 1. The van der Waals surface area contributed by atoms with Crippen LogP contribution in [0.3, 0.4) is 0 Å². The summed E-state index contributed by atoms with van der Waals surface area (Å²) in [5.74, 6) is 1.42. The van der Waals surface area contributed by atoms with E-state index in [2.05, 4.69) is 57.5 Å². The van der Waals surface area contributed by atoms with Crippen LogP contribution in [0.15, 0.2) is 23.0 Å². The van der Waals surface area contributed by atoms with Crippen molar-refractivity contribution in [2.45, 2.75) is 65.1 Å². The van der Waals surface area contributed by atoms with Crippen LogP contribution >= 0.6 is 0 Å². The van der Waals surface area contributed by atoms with Gasteiger partial charge in [0.1, 0.15) is 6.04 Å². The smallest absolute Gasteiger partial charge is 0.253 e. The van der Waals surface area contributed by atoms with Gasteiger partial charge in [-0.1, -0.05) is 19.1 Å². The Hall–Kier alpha value is -2.58. The Bertz CT molecular complexity index is 1150. The number of piperidine rings is 1. The molecule has 4 heterocycles. The number of aromatic nitrogens is 5. The number of rotatable bonds is 5. The first-order chi connectivity index (χ1) is 15.5. The zero-order valence-corrected chi connectivity index (χ0v) is 19.2. The van der Waals surface area contributed by atoms with Gasteiger partial charge >= 0.3 is 0 Å². The van der Waals surface area contributed by atoms with Crippen LogP contribution in [0.4, 0.5) is 0 Å². The Labute approximate surface area is 188 Å². The largest absolute Gasteiger partial charge is 0.376 e. The Morgan fingerprint density at radius 3 is 2.72 bits per heavy atom. The molecule has 5 rings (SSSR count). The molecule has 0 radical (unpaired) electrons. The van der Waals surface area contributed by atoms with Gasteiger partial charge in [-0.15, -0.1) is 5.10 Å². The Balaban J connectivity index is 1.62. The molecule has 0 unspecified atom stereocenters. The zero-order chi connectivity index (χ0) is 22.2. The van der Waals surface area contributed by atoms with Gasteiger partial charge in [-0.3, -0.25) is 9.69 Å². The van der Waals surface area contributed by atoms with Crippen LogP contribution in [-0.2, 0) is 11.3 Å². The second-order valence-corrected chi connectivity index (χ2v) is 9.52. The maximum Gasteiger partial charge on any atom is 0.253 e. The van der Waals surface area contributed by atoms with E-state index in [1.54, 1.807) is 0 Å². The summed E-state index contributed by atoms with van der Waals surface area (Å²) in [4.78, 5) is 19.0. The predicted molar refractivity (Wildman–Crippen MR) is 123 cm³/mol. The molecule has 0 saturated carbocycles. The van der Waals surface area contributed by atoms with Gasteiger partial charge in [-0.05, 0) is 86.2 Å². The topological polar surface area (TPSA) is 88.9 Å². The minimum atomic E-state index is -0.285. The van der Waals surface area contributed by atoms with Crippen LogP contribution in [-0.4, -0.2) is 55.9 Å². The number of pyridine rings is 1. The minimum absolute atomic E-state index is 0.0681. The number of aromatic amines is 1. The van der Waals surface area contributed by atoms with Crippen LogP contribution < -0.4 is 5.56 Å². The summed E-state index contributed by atoms with van der Waals surface area (Å²) in [5, 5.41) is 13.8. The number of fused-ring (bicyclic) bond motifs is 1. The van der Waals surface area contributed by atoms with E-state index in [1.165, 1.54) is 0 Å². The fraction of sp³-hybridized carbons (Fsp3) is 0.583. The van der Waals surface area contributed by atoms with Gasteiger partial charge in [0.25, 0.3) is 5.56 Å². The number of H-pyrrole nitrogens is 1. The third-order valence-corrected chi connectivity index (χ3v) is 7.16. The second kappa shape index (κ2) is 8.75. The fourth-order valence-corrected chi connectivity index (χ4v) is 5.10. The molecule has 2 aromatic heterocycles. The normalized spacial score (nSPS) is 21.4. The molecular weight excluding hydrogens is 404 g/mol. The number of aryl methyl sites for hydroxylation is 2. The molecule has 0 bridgehead atoms. The minimum Gasteiger partial charge on any atom is -0.376 e. The van der Waals surface area contributed by atoms with Gasteiger partial charge in [-0.25, -0.2) is 4.68 Å². The molecule has 8 nitrogen and oxygen atoms in total. The zero-order valence-electron chi connectivity index (χ0n) is 19.2. The summed E-state index contributed by atoms with van der Waals surface area (Å²) < 4.78 is 7.69. The molecule has 2 fully saturated rings. The quantitative estimate of drug-likeness (QED) is 0.661. The average Bonchev–Trinajstić information content (AvgIpc) is 3.46. The first-order valence-corrected chi connectivity index (χ1v) is 11.8. The molecule has 1 N–H and O–H groups in total. The summed E-state index contributed by atoms with van der Waals surface area (Å²) in [5.41, 5.74) is 3.77. The van der Waals surface area contributed by atoms with Crippen LogP contribution in [0.2, 0.25) is 0 Å². The van der Waals surface area contributed by atoms with Crippen molar-refractivity contribution in [3.05, 3.63) is 51.1 Å². The maximum absolute atomic E-state index is 13.4. The van der Waals surface area contributed by atoms with Crippen molar-refractivity contribution < 1.29 is 4.74 Å². The van der Waals surface area contributed by atoms with E-state index >= 15 is 0 Å². The lowest BCUT2D eigenvalue weighted by Crippen LogP contribution is -2.40. The monoisotopic (exact) mass is 436 g/mol. The molecular formula is C24H32N6O2. The fourth-order valence-electron chi connectivity index (χ4n) is 5.10. The van der Waals surface area contributed by atoms with Gasteiger partial charge in [0, 0.05) is 17.6 Å². The van der Waals surface area contributed by atoms with E-state index in [1.807, 2.05) is 11.6 Å². The van der Waals surface area contributed by atoms with Crippen molar-refractivity contribution in [3.63, 3.8) is 0 Å². The number of tetrazole rings is 1. The summed E-state index contributed by atoms with van der Waals surface area (Å²) in [6, 6.07) is 5.94. The summed E-state index contributed by atoms with van der Waals surface area (Å²) in [6.07, 6.45) is 4.42. The van der Waals surface area contributed by atoms with Gasteiger partial charge < -0.3 is 9.72 Å². The molecule has 2 atom stereocenters. The third kappa shape index (κ3) is 3.97. The predicted octanol–water partition coefficient (Wildman–Crippen LogP) is 3.13. The number of benzene rings is 1. The third-order valence-electron chi connectivity index (χ3n) is 7.16. The average molecular weight is 437 g/mol. The van der Waals surface area contributed by atoms with Crippen molar-refractivity contribution in [1.29, 1.82) is 0 Å². The molecule has 8 heteroatoms. The lowest BCUT2D eigenvalue weighted by molar-refractivity contribution is 0.0894. The van der Waals surface area contributed by atoms with Gasteiger partial charge in [0.2, 0.25) is 0 Å². The number of hydrogen-bond acceptors (Lipinski definition) is 6. The Kier molecular flexibility index (Phi) is 5.82. The SMILES string of the molecule is Cc1ccc(C)c2[nH]c(=O)c([C@@H](c3nnnn3C[C@@H]3CCCO3)N3CCC(C)CC3)cc12. The molecule has 0 aliphatic carbocycles. The molecule has 2 saturated heterocycles. The van der Waals surface area contributed by atoms with E-state index in [-0.39, 0.29) is 17.7 Å². The number of nitrogens with zero attached hydrogens (tertiary/aromatic N) is 5. The Morgan fingerprint density at radius 2 is 1.97 bits per heavy atom. The van der Waals surface area contributed by atoms with E-state index in [0.29, 0.717) is 18.0 Å². The number of nitrogens with one attached hydrogen (secondary N) is 1. The molecule has 32 heavy (non-hydrogen) atoms. The summed E-state index contributed by atoms with van der Waals surface area (Å²) in [7, 11) is 0. The highest BCUT2D eigenvalue weighted by molar-refractivity contribution is 5.85.